The second kappa shape index (κ2) is 5.90. The van der Waals surface area contributed by atoms with Crippen LogP contribution >= 0.6 is 0 Å². The molecule has 6 nitrogen and oxygen atoms in total. The molecule has 2 heterocycles. The summed E-state index contributed by atoms with van der Waals surface area (Å²) >= 11 is 0. The number of pyridine rings is 1. The van der Waals surface area contributed by atoms with Crippen LogP contribution in [-0.2, 0) is 10.0 Å². The van der Waals surface area contributed by atoms with E-state index in [2.05, 4.69) is 9.88 Å². The Morgan fingerprint density at radius 1 is 1.14 bits per heavy atom. The van der Waals surface area contributed by atoms with E-state index < -0.39 is 10.0 Å². The summed E-state index contributed by atoms with van der Waals surface area (Å²) in [5, 5.41) is 0. The third-order valence-corrected chi connectivity index (χ3v) is 6.40. The highest BCUT2D eigenvalue weighted by atomic mass is 32.2. The summed E-state index contributed by atoms with van der Waals surface area (Å²) in [6, 6.07) is 3.60. The minimum absolute atomic E-state index is 0.237. The number of rotatable bonds is 3. The van der Waals surface area contributed by atoms with Crippen LogP contribution in [0.4, 0.5) is 5.82 Å². The van der Waals surface area contributed by atoms with Gasteiger partial charge < -0.3 is 5.73 Å². The Morgan fingerprint density at radius 2 is 1.81 bits per heavy atom. The van der Waals surface area contributed by atoms with Crippen molar-refractivity contribution in [2.75, 3.05) is 31.9 Å². The van der Waals surface area contributed by atoms with Crippen molar-refractivity contribution in [1.82, 2.24) is 14.2 Å². The SMILES string of the molecule is Nc1cc(S(=O)(=O)N2CCN(C3CCCC3)CC2)ccn1. The predicted octanol–water partition coefficient (Wildman–Crippen LogP) is 0.913. The second-order valence-electron chi connectivity index (χ2n) is 5.79. The number of nitrogens with two attached hydrogens (primary N) is 1. The molecule has 2 fully saturated rings. The molecule has 0 bridgehead atoms. The van der Waals surface area contributed by atoms with Gasteiger partial charge in [0, 0.05) is 44.5 Å². The van der Waals surface area contributed by atoms with E-state index in [1.165, 1.54) is 44.0 Å². The molecule has 2 aliphatic rings. The van der Waals surface area contributed by atoms with E-state index in [0.29, 0.717) is 19.1 Å². The molecule has 0 aromatic carbocycles. The number of anilines is 1. The Bertz CT molecular complexity index is 591. The molecule has 1 saturated heterocycles. The number of sulfonamides is 1. The highest BCUT2D eigenvalue weighted by Gasteiger charge is 2.31. The van der Waals surface area contributed by atoms with Gasteiger partial charge in [-0.05, 0) is 18.9 Å². The molecule has 0 unspecified atom stereocenters. The van der Waals surface area contributed by atoms with Crippen molar-refractivity contribution >= 4 is 15.8 Å². The molecule has 0 spiro atoms. The van der Waals surface area contributed by atoms with Crippen molar-refractivity contribution in [3.05, 3.63) is 18.3 Å². The summed E-state index contributed by atoms with van der Waals surface area (Å²) in [7, 11) is -3.44. The van der Waals surface area contributed by atoms with Gasteiger partial charge in [0.2, 0.25) is 10.0 Å². The van der Waals surface area contributed by atoms with Crippen molar-refractivity contribution in [3.63, 3.8) is 0 Å². The van der Waals surface area contributed by atoms with Gasteiger partial charge in [0.15, 0.2) is 0 Å². The summed E-state index contributed by atoms with van der Waals surface area (Å²) in [4.78, 5) is 6.53. The van der Waals surface area contributed by atoms with Gasteiger partial charge in [0.25, 0.3) is 0 Å². The Kier molecular flexibility index (Phi) is 4.14. The van der Waals surface area contributed by atoms with Crippen LogP contribution in [-0.4, -0.2) is 54.8 Å². The highest BCUT2D eigenvalue weighted by Crippen LogP contribution is 2.26. The molecule has 7 heteroatoms. The Balaban J connectivity index is 1.68. The fourth-order valence-corrected chi connectivity index (χ4v) is 4.76. The number of nitrogen functional groups attached to an aromatic ring is 1. The third-order valence-electron chi connectivity index (χ3n) is 4.50. The van der Waals surface area contributed by atoms with Gasteiger partial charge in [-0.1, -0.05) is 12.8 Å². The van der Waals surface area contributed by atoms with Gasteiger partial charge in [-0.25, -0.2) is 13.4 Å². The monoisotopic (exact) mass is 310 g/mol. The molecule has 1 aromatic rings. The topological polar surface area (TPSA) is 79.5 Å². The van der Waals surface area contributed by atoms with Gasteiger partial charge in [-0.15, -0.1) is 0 Å². The lowest BCUT2D eigenvalue weighted by Gasteiger charge is -2.37. The van der Waals surface area contributed by atoms with Crippen molar-refractivity contribution in [2.45, 2.75) is 36.6 Å². The lowest BCUT2D eigenvalue weighted by molar-refractivity contribution is 0.139. The Labute approximate surface area is 126 Å². The molecular weight excluding hydrogens is 288 g/mol. The molecule has 1 aliphatic carbocycles. The molecular formula is C14H22N4O2S. The molecule has 2 N–H and O–H groups in total. The maximum absolute atomic E-state index is 12.6. The first-order valence-corrected chi connectivity index (χ1v) is 8.97. The largest absolute Gasteiger partial charge is 0.384 e. The number of hydrogen-bond acceptors (Lipinski definition) is 5. The van der Waals surface area contributed by atoms with Crippen LogP contribution in [0.2, 0.25) is 0 Å². The molecule has 3 rings (SSSR count). The minimum atomic E-state index is -3.44. The molecule has 1 aliphatic heterocycles. The molecule has 21 heavy (non-hydrogen) atoms. The maximum atomic E-state index is 12.6. The van der Waals surface area contributed by atoms with E-state index in [1.54, 1.807) is 4.31 Å². The van der Waals surface area contributed by atoms with E-state index >= 15 is 0 Å². The van der Waals surface area contributed by atoms with Crippen molar-refractivity contribution < 1.29 is 8.42 Å². The Morgan fingerprint density at radius 3 is 2.43 bits per heavy atom. The maximum Gasteiger partial charge on any atom is 0.243 e. The summed E-state index contributed by atoms with van der Waals surface area (Å²) in [5.41, 5.74) is 5.59. The van der Waals surface area contributed by atoms with Gasteiger partial charge in [0.1, 0.15) is 5.82 Å². The van der Waals surface area contributed by atoms with Gasteiger partial charge >= 0.3 is 0 Å². The average Bonchev–Trinajstić information content (AvgIpc) is 3.02. The van der Waals surface area contributed by atoms with Gasteiger partial charge in [-0.3, -0.25) is 4.90 Å². The summed E-state index contributed by atoms with van der Waals surface area (Å²) in [6.45, 7) is 2.76. The second-order valence-corrected chi connectivity index (χ2v) is 7.73. The van der Waals surface area contributed by atoms with Crippen LogP contribution in [0, 0.1) is 0 Å². The third kappa shape index (κ3) is 3.04. The summed E-state index contributed by atoms with van der Waals surface area (Å²) in [5.74, 6) is 0.237. The van der Waals surface area contributed by atoms with Crippen LogP contribution in [0.1, 0.15) is 25.7 Å². The molecule has 0 amide bonds. The average molecular weight is 310 g/mol. The standard InChI is InChI=1S/C14H22N4O2S/c15-14-11-13(5-6-16-14)21(19,20)18-9-7-17(8-10-18)12-3-1-2-4-12/h5-6,11-12H,1-4,7-10H2,(H2,15,16). The predicted molar refractivity (Wildman–Crippen MR) is 81.2 cm³/mol. The van der Waals surface area contributed by atoms with E-state index in [9.17, 15) is 8.42 Å². The number of hydrogen-bond donors (Lipinski definition) is 1. The zero-order valence-corrected chi connectivity index (χ0v) is 12.9. The van der Waals surface area contributed by atoms with E-state index in [4.69, 9.17) is 5.73 Å². The van der Waals surface area contributed by atoms with Crippen LogP contribution in [0.25, 0.3) is 0 Å². The summed E-state index contributed by atoms with van der Waals surface area (Å²) in [6.07, 6.45) is 6.57. The van der Waals surface area contributed by atoms with Crippen LogP contribution in [0.5, 0.6) is 0 Å². The summed E-state index contributed by atoms with van der Waals surface area (Å²) < 4.78 is 26.7. The number of aromatic nitrogens is 1. The van der Waals surface area contributed by atoms with Crippen molar-refractivity contribution in [3.8, 4) is 0 Å². The Hall–Kier alpha value is -1.18. The molecule has 0 atom stereocenters. The van der Waals surface area contributed by atoms with Crippen molar-refractivity contribution in [1.29, 1.82) is 0 Å². The first-order valence-electron chi connectivity index (χ1n) is 7.53. The fourth-order valence-electron chi connectivity index (χ4n) is 3.32. The molecule has 0 radical (unpaired) electrons. The van der Waals surface area contributed by atoms with E-state index in [0.717, 1.165) is 13.1 Å². The zero-order valence-electron chi connectivity index (χ0n) is 12.1. The number of piperazine rings is 1. The number of nitrogens with zero attached hydrogens (tertiary/aromatic N) is 3. The smallest absolute Gasteiger partial charge is 0.243 e. The normalized spacial score (nSPS) is 22.7. The molecule has 1 aromatic heterocycles. The van der Waals surface area contributed by atoms with Crippen LogP contribution in [0.3, 0.4) is 0 Å². The first kappa shape index (κ1) is 14.7. The lowest BCUT2D eigenvalue weighted by atomic mass is 10.2. The fraction of sp³-hybridized carbons (Fsp3) is 0.643. The van der Waals surface area contributed by atoms with Gasteiger partial charge in [0.05, 0.1) is 4.90 Å². The minimum Gasteiger partial charge on any atom is -0.384 e. The highest BCUT2D eigenvalue weighted by molar-refractivity contribution is 7.89. The molecule has 1 saturated carbocycles. The van der Waals surface area contributed by atoms with E-state index in [-0.39, 0.29) is 10.7 Å². The lowest BCUT2D eigenvalue weighted by Crippen LogP contribution is -2.51. The van der Waals surface area contributed by atoms with Gasteiger partial charge in [-0.2, -0.15) is 4.31 Å². The first-order chi connectivity index (χ1) is 10.1. The zero-order chi connectivity index (χ0) is 14.9. The van der Waals surface area contributed by atoms with Crippen molar-refractivity contribution in [2.24, 2.45) is 0 Å². The van der Waals surface area contributed by atoms with Crippen LogP contribution < -0.4 is 5.73 Å². The quantitative estimate of drug-likeness (QED) is 0.898. The molecule has 116 valence electrons. The van der Waals surface area contributed by atoms with Crippen LogP contribution in [0.15, 0.2) is 23.2 Å². The van der Waals surface area contributed by atoms with E-state index in [1.807, 2.05) is 0 Å².